The predicted molar refractivity (Wildman–Crippen MR) is 134 cm³/mol. The maximum atomic E-state index is 12.6. The fourth-order valence-corrected chi connectivity index (χ4v) is 4.70. The largest absolute Gasteiger partial charge is 0.496 e. The van der Waals surface area contributed by atoms with E-state index in [0.717, 1.165) is 22.3 Å². The molecule has 36 heavy (non-hydrogen) atoms. The molecule has 3 heterocycles. The molecule has 4 rings (SSSR count). The number of carbonyl (C=O) groups excluding carboxylic acids is 1. The van der Waals surface area contributed by atoms with Gasteiger partial charge in [-0.2, -0.15) is 5.10 Å². The highest BCUT2D eigenvalue weighted by Crippen LogP contribution is 2.45. The second-order valence-electron chi connectivity index (χ2n) is 10.1. The summed E-state index contributed by atoms with van der Waals surface area (Å²) in [4.78, 5) is 36.5. The van der Waals surface area contributed by atoms with E-state index in [-0.39, 0.29) is 23.0 Å². The molecule has 0 spiro atoms. The van der Waals surface area contributed by atoms with Gasteiger partial charge in [0.05, 0.1) is 25.6 Å². The lowest BCUT2D eigenvalue weighted by atomic mass is 9.78. The first-order valence-electron chi connectivity index (χ1n) is 11.9. The Balaban J connectivity index is 1.86. The van der Waals surface area contributed by atoms with E-state index in [9.17, 15) is 19.5 Å². The van der Waals surface area contributed by atoms with Crippen molar-refractivity contribution < 1.29 is 24.2 Å². The zero-order valence-electron chi connectivity index (χ0n) is 21.4. The lowest BCUT2D eigenvalue weighted by Crippen LogP contribution is -2.32. The van der Waals surface area contributed by atoms with Crippen molar-refractivity contribution >= 4 is 11.9 Å². The molecular weight excluding hydrogens is 462 g/mol. The molecule has 0 radical (unpaired) electrons. The highest BCUT2D eigenvalue weighted by Gasteiger charge is 2.34. The molecule has 190 valence electrons. The molecular formula is C27H31N3O6. The van der Waals surface area contributed by atoms with Crippen LogP contribution in [0.3, 0.4) is 0 Å². The summed E-state index contributed by atoms with van der Waals surface area (Å²) in [6, 6.07) is 4.66. The number of aromatic nitrogens is 3. The SMILES string of the molecule is CCOC(=O)C(C)n1cc(-c2cc3c(cc2OC)-c2cc(=O)c(C(=O)O)cn2C(C(C)(C)C)C3)cn1. The van der Waals surface area contributed by atoms with Crippen LogP contribution >= 0.6 is 0 Å². The molecule has 9 heteroatoms. The Morgan fingerprint density at radius 2 is 1.92 bits per heavy atom. The third kappa shape index (κ3) is 4.41. The van der Waals surface area contributed by atoms with Crippen molar-refractivity contribution in [2.75, 3.05) is 13.7 Å². The van der Waals surface area contributed by atoms with E-state index in [1.807, 2.05) is 16.7 Å². The highest BCUT2D eigenvalue weighted by atomic mass is 16.5. The van der Waals surface area contributed by atoms with Crippen molar-refractivity contribution in [1.82, 2.24) is 14.3 Å². The van der Waals surface area contributed by atoms with Gasteiger partial charge >= 0.3 is 11.9 Å². The Labute approximate surface area is 209 Å². The number of aromatic carboxylic acids is 1. The van der Waals surface area contributed by atoms with Gasteiger partial charge in [0.2, 0.25) is 0 Å². The van der Waals surface area contributed by atoms with Crippen molar-refractivity contribution in [3.05, 3.63) is 58.1 Å². The van der Waals surface area contributed by atoms with Gasteiger partial charge in [-0.15, -0.1) is 0 Å². The fourth-order valence-electron chi connectivity index (χ4n) is 4.70. The summed E-state index contributed by atoms with van der Waals surface area (Å²) >= 11 is 0. The van der Waals surface area contributed by atoms with Crippen molar-refractivity contribution in [2.24, 2.45) is 5.41 Å². The summed E-state index contributed by atoms with van der Waals surface area (Å²) in [7, 11) is 1.57. The van der Waals surface area contributed by atoms with E-state index < -0.39 is 17.4 Å². The molecule has 0 saturated carbocycles. The quantitative estimate of drug-likeness (QED) is 0.508. The first kappa shape index (κ1) is 25.2. The van der Waals surface area contributed by atoms with Gasteiger partial charge in [0.25, 0.3) is 0 Å². The van der Waals surface area contributed by atoms with E-state index in [0.29, 0.717) is 24.5 Å². The average Bonchev–Trinajstić information content (AvgIpc) is 3.31. The number of hydrogen-bond donors (Lipinski definition) is 1. The number of carbonyl (C=O) groups is 2. The van der Waals surface area contributed by atoms with Gasteiger partial charge in [0, 0.05) is 41.2 Å². The number of rotatable bonds is 6. The van der Waals surface area contributed by atoms with Crippen LogP contribution in [0.1, 0.15) is 62.6 Å². The van der Waals surface area contributed by atoms with Crippen LogP contribution in [0.4, 0.5) is 0 Å². The summed E-state index contributed by atoms with van der Waals surface area (Å²) < 4.78 is 14.3. The molecule has 2 atom stereocenters. The Bertz CT molecular complexity index is 1400. The van der Waals surface area contributed by atoms with Gasteiger partial charge in [-0.1, -0.05) is 20.8 Å². The molecule has 0 saturated heterocycles. The van der Waals surface area contributed by atoms with E-state index >= 15 is 0 Å². The first-order valence-corrected chi connectivity index (χ1v) is 11.9. The highest BCUT2D eigenvalue weighted by molar-refractivity contribution is 5.88. The molecule has 3 aromatic rings. The van der Waals surface area contributed by atoms with Crippen LogP contribution in [0, 0.1) is 5.41 Å². The zero-order chi connectivity index (χ0) is 26.4. The van der Waals surface area contributed by atoms with E-state index in [1.165, 1.54) is 12.3 Å². The van der Waals surface area contributed by atoms with Gasteiger partial charge in [0.15, 0.2) is 5.43 Å². The predicted octanol–water partition coefficient (Wildman–Crippen LogP) is 4.35. The minimum Gasteiger partial charge on any atom is -0.496 e. The maximum Gasteiger partial charge on any atom is 0.341 e. The average molecular weight is 494 g/mol. The number of nitrogens with zero attached hydrogens (tertiary/aromatic N) is 3. The first-order chi connectivity index (χ1) is 17.0. The molecule has 1 aliphatic rings. The number of benzene rings is 1. The van der Waals surface area contributed by atoms with Crippen molar-refractivity contribution in [2.45, 2.75) is 53.1 Å². The molecule has 9 nitrogen and oxygen atoms in total. The third-order valence-corrected chi connectivity index (χ3v) is 6.70. The van der Waals surface area contributed by atoms with Crippen LogP contribution in [0.2, 0.25) is 0 Å². The van der Waals surface area contributed by atoms with Crippen molar-refractivity contribution in [3.63, 3.8) is 0 Å². The summed E-state index contributed by atoms with van der Waals surface area (Å²) in [5, 5.41) is 13.9. The standard InChI is InChI=1S/C27H31N3O6/c1-7-36-26(34)15(2)30-13-17(12-28-30)19-8-16-9-24(27(3,4)5)29-14-20(25(32)33)22(31)11-21(29)18(16)10-23(19)35-6/h8,10-15,24H,7,9H2,1-6H3,(H,32,33). The second-order valence-corrected chi connectivity index (χ2v) is 10.1. The van der Waals surface area contributed by atoms with Crippen LogP contribution in [-0.2, 0) is 16.0 Å². The Morgan fingerprint density at radius 1 is 1.19 bits per heavy atom. The molecule has 2 unspecified atom stereocenters. The van der Waals surface area contributed by atoms with Gasteiger partial charge in [0.1, 0.15) is 17.4 Å². The Hall–Kier alpha value is -3.88. The van der Waals surface area contributed by atoms with Crippen LogP contribution in [0.25, 0.3) is 22.4 Å². The monoisotopic (exact) mass is 493 g/mol. The summed E-state index contributed by atoms with van der Waals surface area (Å²) in [5.74, 6) is -1.02. The number of carboxylic acids is 1. The normalized spacial score (nSPS) is 15.6. The number of hydrogen-bond acceptors (Lipinski definition) is 6. The van der Waals surface area contributed by atoms with Crippen LogP contribution in [0.15, 0.2) is 41.6 Å². The summed E-state index contributed by atoms with van der Waals surface area (Å²) in [6.45, 7) is 10.1. The van der Waals surface area contributed by atoms with E-state index in [2.05, 4.69) is 25.9 Å². The lowest BCUT2D eigenvalue weighted by molar-refractivity contribution is -0.146. The van der Waals surface area contributed by atoms with Gasteiger partial charge in [-0.05, 0) is 43.4 Å². The molecule has 0 aliphatic carbocycles. The topological polar surface area (TPSA) is 113 Å². The molecule has 0 bridgehead atoms. The number of ether oxygens (including phenoxy) is 2. The van der Waals surface area contributed by atoms with E-state index in [4.69, 9.17) is 9.47 Å². The second kappa shape index (κ2) is 9.29. The Morgan fingerprint density at radius 3 is 2.53 bits per heavy atom. The minimum absolute atomic E-state index is 0.0773. The number of methoxy groups -OCH3 is 1. The van der Waals surface area contributed by atoms with Crippen molar-refractivity contribution in [3.8, 4) is 28.1 Å². The molecule has 1 aromatic carbocycles. The third-order valence-electron chi connectivity index (χ3n) is 6.70. The molecule has 2 aromatic heterocycles. The molecule has 0 amide bonds. The molecule has 1 aliphatic heterocycles. The molecule has 0 fully saturated rings. The zero-order valence-corrected chi connectivity index (χ0v) is 21.4. The Kier molecular flexibility index (Phi) is 6.51. The summed E-state index contributed by atoms with van der Waals surface area (Å²) in [6.07, 6.45) is 5.56. The summed E-state index contributed by atoms with van der Waals surface area (Å²) in [5.41, 5.74) is 3.08. The van der Waals surface area contributed by atoms with Gasteiger partial charge in [-0.25, -0.2) is 9.59 Å². The van der Waals surface area contributed by atoms with Gasteiger partial charge in [-0.3, -0.25) is 9.48 Å². The van der Waals surface area contributed by atoms with Crippen LogP contribution < -0.4 is 10.2 Å². The lowest BCUT2D eigenvalue weighted by Gasteiger charge is -2.39. The van der Waals surface area contributed by atoms with E-state index in [1.54, 1.807) is 38.0 Å². The van der Waals surface area contributed by atoms with Gasteiger partial charge < -0.3 is 19.1 Å². The van der Waals surface area contributed by atoms with Crippen LogP contribution in [-0.4, -0.2) is 45.1 Å². The maximum absolute atomic E-state index is 12.6. The number of esters is 1. The number of carboxylic acid groups (broad SMARTS) is 1. The minimum atomic E-state index is -1.24. The fraction of sp³-hybridized carbons (Fsp3) is 0.407. The van der Waals surface area contributed by atoms with Crippen LogP contribution in [0.5, 0.6) is 5.75 Å². The number of pyridine rings is 1. The smallest absolute Gasteiger partial charge is 0.341 e. The number of fused-ring (bicyclic) bond motifs is 3. The van der Waals surface area contributed by atoms with Crippen molar-refractivity contribution in [1.29, 1.82) is 0 Å². The molecule has 1 N–H and O–H groups in total.